The fourth-order valence-corrected chi connectivity index (χ4v) is 1.60. The van der Waals surface area contributed by atoms with Crippen LogP contribution in [0.15, 0.2) is 6.20 Å². The van der Waals surface area contributed by atoms with Crippen molar-refractivity contribution >= 4 is 17.4 Å². The van der Waals surface area contributed by atoms with Gasteiger partial charge < -0.3 is 10.2 Å². The van der Waals surface area contributed by atoms with Crippen molar-refractivity contribution in [2.24, 2.45) is 7.05 Å². The Morgan fingerprint density at radius 1 is 1.67 bits per heavy atom. The van der Waals surface area contributed by atoms with Gasteiger partial charge in [0.15, 0.2) is 0 Å². The summed E-state index contributed by atoms with van der Waals surface area (Å²) in [5.74, 6) is 0.862. The molecule has 0 aliphatic carbocycles. The second-order valence-corrected chi connectivity index (χ2v) is 3.61. The zero-order valence-electron chi connectivity index (χ0n) is 9.74. The fraction of sp³-hybridized carbons (Fsp3) is 0.600. The Bertz CT molecular complexity index is 345. The number of aryl methyl sites for hydroxylation is 1. The average Bonchev–Trinajstić information content (AvgIpc) is 2.46. The highest BCUT2D eigenvalue weighted by Crippen LogP contribution is 2.23. The molecular formula is C10H18N4O. The summed E-state index contributed by atoms with van der Waals surface area (Å²) in [6, 6.07) is 0. The van der Waals surface area contributed by atoms with Crippen LogP contribution in [0.4, 0.5) is 11.5 Å². The van der Waals surface area contributed by atoms with Gasteiger partial charge in [-0.3, -0.25) is 9.48 Å². The van der Waals surface area contributed by atoms with Crippen molar-refractivity contribution in [3.05, 3.63) is 6.20 Å². The molecule has 1 aromatic rings. The maximum Gasteiger partial charge on any atom is 0.221 e. The Morgan fingerprint density at radius 3 is 2.87 bits per heavy atom. The number of rotatable bonds is 4. The van der Waals surface area contributed by atoms with Crippen LogP contribution in [0.3, 0.4) is 0 Å². The van der Waals surface area contributed by atoms with Gasteiger partial charge in [-0.25, -0.2) is 0 Å². The lowest BCUT2D eigenvalue weighted by molar-refractivity contribution is -0.114. The smallest absolute Gasteiger partial charge is 0.221 e. The van der Waals surface area contributed by atoms with Gasteiger partial charge in [0.25, 0.3) is 0 Å². The Labute approximate surface area is 90.1 Å². The monoisotopic (exact) mass is 210 g/mol. The lowest BCUT2D eigenvalue weighted by atomic mass is 10.4. The molecular weight excluding hydrogens is 192 g/mol. The minimum Gasteiger partial charge on any atom is -0.358 e. The van der Waals surface area contributed by atoms with Crippen LogP contribution in [0.25, 0.3) is 0 Å². The molecule has 5 nitrogen and oxygen atoms in total. The normalized spacial score (nSPS) is 10.1. The number of nitrogens with zero attached hydrogens (tertiary/aromatic N) is 3. The van der Waals surface area contributed by atoms with Crippen LogP contribution in [-0.2, 0) is 11.8 Å². The molecule has 5 heteroatoms. The van der Waals surface area contributed by atoms with Gasteiger partial charge in [-0.2, -0.15) is 5.10 Å². The molecule has 1 rings (SSSR count). The van der Waals surface area contributed by atoms with Crippen molar-refractivity contribution in [3.8, 4) is 0 Å². The van der Waals surface area contributed by atoms with Crippen LogP contribution in [0.2, 0.25) is 0 Å². The maximum atomic E-state index is 11.0. The summed E-state index contributed by atoms with van der Waals surface area (Å²) in [5.41, 5.74) is 0.765. The van der Waals surface area contributed by atoms with E-state index in [1.807, 2.05) is 14.1 Å². The van der Waals surface area contributed by atoms with Gasteiger partial charge in [0.1, 0.15) is 11.5 Å². The molecule has 1 N–H and O–H groups in total. The number of amides is 1. The first kappa shape index (κ1) is 11.6. The van der Waals surface area contributed by atoms with Crippen LogP contribution >= 0.6 is 0 Å². The summed E-state index contributed by atoms with van der Waals surface area (Å²) in [7, 11) is 3.86. The first-order valence-electron chi connectivity index (χ1n) is 5.07. The molecule has 1 amide bonds. The Balaban J connectivity index is 2.92. The summed E-state index contributed by atoms with van der Waals surface area (Å²) in [4.78, 5) is 13.1. The molecule has 0 fully saturated rings. The molecule has 0 aliphatic heterocycles. The zero-order chi connectivity index (χ0) is 11.4. The van der Waals surface area contributed by atoms with E-state index in [2.05, 4.69) is 22.2 Å². The summed E-state index contributed by atoms with van der Waals surface area (Å²) in [6.07, 6.45) is 2.73. The number of hydrogen-bond donors (Lipinski definition) is 1. The molecule has 1 heterocycles. The van der Waals surface area contributed by atoms with Crippen LogP contribution in [0.1, 0.15) is 20.3 Å². The lowest BCUT2D eigenvalue weighted by Crippen LogP contribution is -2.22. The molecule has 0 aliphatic rings. The number of anilines is 2. The highest BCUT2D eigenvalue weighted by Gasteiger charge is 2.12. The number of nitrogens with one attached hydrogen (secondary N) is 1. The van der Waals surface area contributed by atoms with Gasteiger partial charge in [0.2, 0.25) is 5.91 Å². The number of carbonyl (C=O) groups is 1. The fourth-order valence-electron chi connectivity index (χ4n) is 1.60. The van der Waals surface area contributed by atoms with E-state index in [0.717, 1.165) is 24.5 Å². The van der Waals surface area contributed by atoms with Gasteiger partial charge in [-0.05, 0) is 6.42 Å². The molecule has 1 aromatic heterocycles. The molecule has 0 radical (unpaired) electrons. The van der Waals surface area contributed by atoms with E-state index in [9.17, 15) is 4.79 Å². The second kappa shape index (κ2) is 4.82. The lowest BCUT2D eigenvalue weighted by Gasteiger charge is -2.19. The van der Waals surface area contributed by atoms with E-state index in [0.29, 0.717) is 0 Å². The van der Waals surface area contributed by atoms with Gasteiger partial charge in [-0.15, -0.1) is 0 Å². The Hall–Kier alpha value is -1.52. The highest BCUT2D eigenvalue weighted by atomic mass is 16.1. The van der Waals surface area contributed by atoms with Crippen molar-refractivity contribution in [1.82, 2.24) is 9.78 Å². The standard InChI is InChI=1S/C10H18N4O/c1-5-6-13(3)10-9(12-8(2)15)7-11-14(10)4/h7H,5-6H2,1-4H3,(H,12,15). The molecule has 15 heavy (non-hydrogen) atoms. The van der Waals surface area contributed by atoms with Crippen LogP contribution in [-0.4, -0.2) is 29.3 Å². The SMILES string of the molecule is CCCN(C)c1c(NC(C)=O)cnn1C. The quantitative estimate of drug-likeness (QED) is 0.813. The number of hydrogen-bond acceptors (Lipinski definition) is 3. The maximum absolute atomic E-state index is 11.0. The topological polar surface area (TPSA) is 50.2 Å². The molecule has 0 saturated heterocycles. The molecule has 0 unspecified atom stereocenters. The molecule has 0 spiro atoms. The van der Waals surface area contributed by atoms with Gasteiger partial charge in [-0.1, -0.05) is 6.92 Å². The molecule has 0 atom stereocenters. The van der Waals surface area contributed by atoms with Crippen LogP contribution < -0.4 is 10.2 Å². The van der Waals surface area contributed by atoms with E-state index >= 15 is 0 Å². The second-order valence-electron chi connectivity index (χ2n) is 3.61. The predicted octanol–water partition coefficient (Wildman–Crippen LogP) is 1.22. The van der Waals surface area contributed by atoms with E-state index < -0.39 is 0 Å². The first-order valence-corrected chi connectivity index (χ1v) is 5.07. The first-order chi connectivity index (χ1) is 7.06. The number of aromatic nitrogens is 2. The number of carbonyl (C=O) groups excluding carboxylic acids is 1. The van der Waals surface area contributed by atoms with Crippen molar-refractivity contribution < 1.29 is 4.79 Å². The van der Waals surface area contributed by atoms with Crippen molar-refractivity contribution in [1.29, 1.82) is 0 Å². The highest BCUT2D eigenvalue weighted by molar-refractivity contribution is 5.91. The van der Waals surface area contributed by atoms with Crippen LogP contribution in [0.5, 0.6) is 0 Å². The predicted molar refractivity (Wildman–Crippen MR) is 61.1 cm³/mol. The Morgan fingerprint density at radius 2 is 2.33 bits per heavy atom. The molecule has 84 valence electrons. The third-order valence-electron chi connectivity index (χ3n) is 2.14. The largest absolute Gasteiger partial charge is 0.358 e. The van der Waals surface area contributed by atoms with E-state index in [1.165, 1.54) is 6.92 Å². The minimum absolute atomic E-state index is 0.0749. The van der Waals surface area contributed by atoms with Gasteiger partial charge in [0, 0.05) is 27.6 Å². The minimum atomic E-state index is -0.0749. The summed E-state index contributed by atoms with van der Waals surface area (Å²) in [5, 5.41) is 6.90. The Kier molecular flexibility index (Phi) is 3.71. The zero-order valence-corrected chi connectivity index (χ0v) is 9.74. The molecule has 0 aromatic carbocycles. The van der Waals surface area contributed by atoms with Crippen molar-refractivity contribution in [3.63, 3.8) is 0 Å². The van der Waals surface area contributed by atoms with E-state index in [4.69, 9.17) is 0 Å². The van der Waals surface area contributed by atoms with E-state index in [1.54, 1.807) is 10.9 Å². The van der Waals surface area contributed by atoms with Crippen LogP contribution in [0, 0.1) is 0 Å². The van der Waals surface area contributed by atoms with E-state index in [-0.39, 0.29) is 5.91 Å². The average molecular weight is 210 g/mol. The molecule has 0 saturated carbocycles. The summed E-state index contributed by atoms with van der Waals surface area (Å²) >= 11 is 0. The third kappa shape index (κ3) is 2.71. The summed E-state index contributed by atoms with van der Waals surface area (Å²) in [6.45, 7) is 4.55. The third-order valence-corrected chi connectivity index (χ3v) is 2.14. The van der Waals surface area contributed by atoms with Crippen molar-refractivity contribution in [2.45, 2.75) is 20.3 Å². The van der Waals surface area contributed by atoms with Gasteiger partial charge in [0.05, 0.1) is 6.20 Å². The van der Waals surface area contributed by atoms with Gasteiger partial charge >= 0.3 is 0 Å². The van der Waals surface area contributed by atoms with Crippen molar-refractivity contribution in [2.75, 3.05) is 23.8 Å². The summed E-state index contributed by atoms with van der Waals surface area (Å²) < 4.78 is 1.76. The molecule has 0 bridgehead atoms.